The van der Waals surface area contributed by atoms with Gasteiger partial charge in [-0.2, -0.15) is 0 Å². The molecule has 2 aromatic carbocycles. The summed E-state index contributed by atoms with van der Waals surface area (Å²) in [4.78, 5) is 17.0. The number of fused-ring (bicyclic) bond motifs is 1. The Bertz CT molecular complexity index is 993. The molecule has 1 aromatic heterocycles. The largest absolute Gasteiger partial charge is 0.437 e. The number of rotatable bonds is 7. The van der Waals surface area contributed by atoms with E-state index in [9.17, 15) is 4.79 Å². The molecule has 4 nitrogen and oxygen atoms in total. The number of ether oxygens (including phenoxy) is 1. The van der Waals surface area contributed by atoms with Gasteiger partial charge < -0.3 is 10.1 Å². The number of nitrogens with zero attached hydrogens (tertiary/aromatic N) is 1. The van der Waals surface area contributed by atoms with E-state index in [-0.39, 0.29) is 11.9 Å². The highest BCUT2D eigenvalue weighted by atomic mass is 35.5. The molecule has 6 heteroatoms. The number of hydrogen-bond acceptors (Lipinski definition) is 4. The van der Waals surface area contributed by atoms with Crippen LogP contribution in [0.4, 0.5) is 0 Å². The second kappa shape index (κ2) is 9.30. The summed E-state index contributed by atoms with van der Waals surface area (Å²) in [6.45, 7) is 5.63. The topological polar surface area (TPSA) is 51.2 Å². The van der Waals surface area contributed by atoms with E-state index in [1.165, 1.54) is 6.92 Å². The lowest BCUT2D eigenvalue weighted by Crippen LogP contribution is -2.23. The molecule has 0 saturated carbocycles. The van der Waals surface area contributed by atoms with E-state index in [0.717, 1.165) is 33.5 Å². The van der Waals surface area contributed by atoms with Gasteiger partial charge in [0.15, 0.2) is 0 Å². The van der Waals surface area contributed by atoms with Crippen molar-refractivity contribution in [2.24, 2.45) is 0 Å². The maximum atomic E-state index is 11.3. The van der Waals surface area contributed by atoms with Gasteiger partial charge in [-0.05, 0) is 61.1 Å². The van der Waals surface area contributed by atoms with Crippen LogP contribution in [-0.2, 0) is 4.79 Å². The van der Waals surface area contributed by atoms with Crippen LogP contribution in [0.15, 0.2) is 53.4 Å². The van der Waals surface area contributed by atoms with Crippen LogP contribution in [0.3, 0.4) is 0 Å². The number of hydrogen-bond donors (Lipinski definition) is 1. The third kappa shape index (κ3) is 5.18. The molecule has 0 fully saturated rings. The number of aromatic nitrogens is 1. The molecule has 0 saturated heterocycles. The van der Waals surface area contributed by atoms with E-state index >= 15 is 0 Å². The molecule has 3 aromatic rings. The Morgan fingerprint density at radius 3 is 2.75 bits per heavy atom. The summed E-state index contributed by atoms with van der Waals surface area (Å²) in [7, 11) is 0. The molecular formula is C22H23ClN2O2S. The van der Waals surface area contributed by atoms with E-state index in [4.69, 9.17) is 16.3 Å². The van der Waals surface area contributed by atoms with Gasteiger partial charge in [-0.3, -0.25) is 4.79 Å². The maximum absolute atomic E-state index is 11.3. The van der Waals surface area contributed by atoms with Crippen LogP contribution in [0.25, 0.3) is 10.9 Å². The number of benzene rings is 2. The molecule has 1 amide bonds. The SMILES string of the molecule is CCCSc1ccc(Oc2ccc3cc(C(C)NC(C)=O)ccc3n2)c(Cl)c1. The molecule has 28 heavy (non-hydrogen) atoms. The van der Waals surface area contributed by atoms with Crippen LogP contribution in [0.2, 0.25) is 5.02 Å². The fourth-order valence-electron chi connectivity index (χ4n) is 2.83. The zero-order valence-corrected chi connectivity index (χ0v) is 17.7. The van der Waals surface area contributed by atoms with Gasteiger partial charge in [-0.1, -0.05) is 24.6 Å². The van der Waals surface area contributed by atoms with Gasteiger partial charge in [0.25, 0.3) is 0 Å². The zero-order valence-electron chi connectivity index (χ0n) is 16.2. The van der Waals surface area contributed by atoms with Crippen molar-refractivity contribution in [1.29, 1.82) is 0 Å². The van der Waals surface area contributed by atoms with Crippen molar-refractivity contribution < 1.29 is 9.53 Å². The third-order valence-electron chi connectivity index (χ3n) is 4.20. The minimum absolute atomic E-state index is 0.0505. The summed E-state index contributed by atoms with van der Waals surface area (Å²) in [6, 6.07) is 15.5. The Hall–Kier alpha value is -2.24. The van der Waals surface area contributed by atoms with E-state index in [2.05, 4.69) is 17.2 Å². The van der Waals surface area contributed by atoms with Crippen LogP contribution >= 0.6 is 23.4 Å². The van der Waals surface area contributed by atoms with Gasteiger partial charge in [-0.25, -0.2) is 4.98 Å². The first-order valence-corrected chi connectivity index (χ1v) is 10.6. The van der Waals surface area contributed by atoms with Crippen LogP contribution < -0.4 is 10.1 Å². The average Bonchev–Trinajstić information content (AvgIpc) is 2.67. The molecule has 0 spiro atoms. The van der Waals surface area contributed by atoms with Crippen LogP contribution in [0.5, 0.6) is 11.6 Å². The number of halogens is 1. The molecule has 1 atom stereocenters. The predicted molar refractivity (Wildman–Crippen MR) is 117 cm³/mol. The van der Waals surface area contributed by atoms with Crippen LogP contribution in [0, 0.1) is 0 Å². The van der Waals surface area contributed by atoms with Gasteiger partial charge in [0, 0.05) is 23.3 Å². The lowest BCUT2D eigenvalue weighted by atomic mass is 10.1. The number of thioether (sulfide) groups is 1. The Labute approximate surface area is 174 Å². The van der Waals surface area contributed by atoms with Gasteiger partial charge in [0.1, 0.15) is 5.75 Å². The quantitative estimate of drug-likeness (QED) is 0.455. The lowest BCUT2D eigenvalue weighted by Gasteiger charge is -2.14. The number of nitrogens with one attached hydrogen (secondary N) is 1. The highest BCUT2D eigenvalue weighted by Crippen LogP contribution is 2.33. The van der Waals surface area contributed by atoms with Gasteiger partial charge in [0.2, 0.25) is 11.8 Å². The monoisotopic (exact) mass is 414 g/mol. The summed E-state index contributed by atoms with van der Waals surface area (Å²) in [5.41, 5.74) is 1.85. The van der Waals surface area contributed by atoms with Crippen molar-refractivity contribution >= 4 is 40.2 Å². The van der Waals surface area contributed by atoms with Gasteiger partial charge >= 0.3 is 0 Å². The maximum Gasteiger partial charge on any atom is 0.219 e. The summed E-state index contributed by atoms with van der Waals surface area (Å²) in [5.74, 6) is 2.09. The van der Waals surface area contributed by atoms with E-state index in [1.54, 1.807) is 11.8 Å². The van der Waals surface area contributed by atoms with Crippen molar-refractivity contribution in [3.8, 4) is 11.6 Å². The highest BCUT2D eigenvalue weighted by Gasteiger charge is 2.10. The zero-order chi connectivity index (χ0) is 20.1. The smallest absolute Gasteiger partial charge is 0.219 e. The molecule has 3 rings (SSSR count). The van der Waals surface area contributed by atoms with E-state index in [1.807, 2.05) is 55.5 Å². The van der Waals surface area contributed by atoms with E-state index < -0.39 is 0 Å². The van der Waals surface area contributed by atoms with Crippen molar-refractivity contribution in [3.63, 3.8) is 0 Å². The highest BCUT2D eigenvalue weighted by molar-refractivity contribution is 7.99. The van der Waals surface area contributed by atoms with Crippen molar-refractivity contribution in [1.82, 2.24) is 10.3 Å². The Balaban J connectivity index is 1.78. The normalized spacial score (nSPS) is 12.0. The lowest BCUT2D eigenvalue weighted by molar-refractivity contribution is -0.119. The number of pyridine rings is 1. The van der Waals surface area contributed by atoms with Crippen LogP contribution in [0.1, 0.15) is 38.8 Å². The van der Waals surface area contributed by atoms with Crippen molar-refractivity contribution in [2.75, 3.05) is 5.75 Å². The molecular weight excluding hydrogens is 392 g/mol. The standard InChI is InChI=1S/C22H23ClN2O2S/c1-4-11-28-18-7-9-21(19(23)13-18)27-22-10-6-17-12-16(5-8-20(17)25-22)14(2)24-15(3)26/h5-10,12-14H,4,11H2,1-3H3,(H,24,26). The fraction of sp³-hybridized carbons (Fsp3) is 0.273. The summed E-state index contributed by atoms with van der Waals surface area (Å²) in [5, 5.41) is 4.45. The molecule has 0 aliphatic rings. The first-order valence-electron chi connectivity index (χ1n) is 9.24. The molecule has 0 bridgehead atoms. The Morgan fingerprint density at radius 2 is 2.04 bits per heavy atom. The first kappa shape index (κ1) is 20.5. The second-order valence-electron chi connectivity index (χ2n) is 6.57. The van der Waals surface area contributed by atoms with Gasteiger partial charge in [-0.15, -0.1) is 11.8 Å². The number of carbonyl (C=O) groups is 1. The number of amides is 1. The van der Waals surface area contributed by atoms with Gasteiger partial charge in [0.05, 0.1) is 16.6 Å². The molecule has 1 N–H and O–H groups in total. The Kier molecular flexibility index (Phi) is 6.81. The summed E-state index contributed by atoms with van der Waals surface area (Å²) >= 11 is 8.15. The number of carbonyl (C=O) groups excluding carboxylic acids is 1. The van der Waals surface area contributed by atoms with E-state index in [0.29, 0.717) is 16.7 Å². The molecule has 1 unspecified atom stereocenters. The molecule has 0 aliphatic carbocycles. The molecule has 0 radical (unpaired) electrons. The fourth-order valence-corrected chi connectivity index (χ4v) is 3.92. The van der Waals surface area contributed by atoms with Crippen molar-refractivity contribution in [2.45, 2.75) is 38.1 Å². The first-order chi connectivity index (χ1) is 13.5. The predicted octanol–water partition coefficient (Wildman–Crippen LogP) is 6.38. The third-order valence-corrected chi connectivity index (χ3v) is 5.69. The summed E-state index contributed by atoms with van der Waals surface area (Å²) in [6.07, 6.45) is 1.12. The molecule has 1 heterocycles. The van der Waals surface area contributed by atoms with Crippen molar-refractivity contribution in [3.05, 3.63) is 59.1 Å². The minimum atomic E-state index is -0.0549. The molecule has 146 valence electrons. The minimum Gasteiger partial charge on any atom is -0.437 e. The molecule has 0 aliphatic heterocycles. The second-order valence-corrected chi connectivity index (χ2v) is 8.14. The summed E-state index contributed by atoms with van der Waals surface area (Å²) < 4.78 is 5.90. The average molecular weight is 415 g/mol. The van der Waals surface area contributed by atoms with Crippen LogP contribution in [-0.4, -0.2) is 16.6 Å². The Morgan fingerprint density at radius 1 is 1.21 bits per heavy atom.